The van der Waals surface area contributed by atoms with E-state index < -0.39 is 32.6 Å². The first-order valence-corrected chi connectivity index (χ1v) is 9.83. The Hall–Kier alpha value is -2.10. The number of rotatable bonds is 5. The second-order valence-electron chi connectivity index (χ2n) is 5.58. The molecule has 1 atom stereocenters. The van der Waals surface area contributed by atoms with Crippen LogP contribution in [0.15, 0.2) is 58.0 Å². The van der Waals surface area contributed by atoms with Crippen molar-refractivity contribution in [2.24, 2.45) is 0 Å². The zero-order valence-electron chi connectivity index (χ0n) is 13.5. The Balaban J connectivity index is 1.83. The highest BCUT2D eigenvalue weighted by atomic mass is 79.9. The average molecular weight is 442 g/mol. The van der Waals surface area contributed by atoms with E-state index in [1.54, 1.807) is 13.1 Å². The number of benzene rings is 2. The van der Waals surface area contributed by atoms with E-state index in [1.165, 1.54) is 0 Å². The summed E-state index contributed by atoms with van der Waals surface area (Å²) in [4.78, 5) is 6.45. The fourth-order valence-electron chi connectivity index (χ4n) is 2.38. The van der Waals surface area contributed by atoms with Gasteiger partial charge in [0.25, 0.3) is 0 Å². The van der Waals surface area contributed by atoms with Crippen molar-refractivity contribution >= 4 is 26.0 Å². The van der Waals surface area contributed by atoms with Gasteiger partial charge >= 0.3 is 0 Å². The lowest BCUT2D eigenvalue weighted by molar-refractivity contribution is 0.481. The van der Waals surface area contributed by atoms with Crippen LogP contribution in [0.4, 0.5) is 8.78 Å². The van der Waals surface area contributed by atoms with Crippen LogP contribution in [-0.2, 0) is 10.0 Å². The standard InChI is InChI=1S/C17H14BrF2N3O2S/c1-10(23-26(24,25)15-4-2-3-13(19)16(15)20)17-21-9-14(22-17)11-5-7-12(18)8-6-11/h2-10,23H,1H3,(H,21,22)/t10-/m1/s1. The molecule has 0 spiro atoms. The van der Waals surface area contributed by atoms with Crippen LogP contribution in [0.2, 0.25) is 0 Å². The largest absolute Gasteiger partial charge is 0.341 e. The molecule has 136 valence electrons. The number of aromatic nitrogens is 2. The van der Waals surface area contributed by atoms with Crippen molar-refractivity contribution in [3.05, 3.63) is 70.6 Å². The molecule has 1 aromatic heterocycles. The Labute approximate surface area is 157 Å². The van der Waals surface area contributed by atoms with E-state index >= 15 is 0 Å². The summed E-state index contributed by atoms with van der Waals surface area (Å²) in [6.45, 7) is 1.55. The summed E-state index contributed by atoms with van der Waals surface area (Å²) < 4.78 is 55.0. The van der Waals surface area contributed by atoms with Gasteiger partial charge < -0.3 is 4.98 Å². The first-order valence-electron chi connectivity index (χ1n) is 7.55. The first kappa shape index (κ1) is 18.7. The van der Waals surface area contributed by atoms with Crippen LogP contribution in [0.5, 0.6) is 0 Å². The minimum atomic E-state index is -4.25. The minimum Gasteiger partial charge on any atom is -0.341 e. The Morgan fingerprint density at radius 3 is 2.54 bits per heavy atom. The molecule has 0 radical (unpaired) electrons. The molecule has 26 heavy (non-hydrogen) atoms. The number of aromatic amines is 1. The number of nitrogens with zero attached hydrogens (tertiary/aromatic N) is 1. The van der Waals surface area contributed by atoms with Gasteiger partial charge in [-0.25, -0.2) is 26.9 Å². The van der Waals surface area contributed by atoms with E-state index in [2.05, 4.69) is 30.6 Å². The van der Waals surface area contributed by atoms with Crippen molar-refractivity contribution in [1.82, 2.24) is 14.7 Å². The van der Waals surface area contributed by atoms with Crippen LogP contribution in [0.1, 0.15) is 18.8 Å². The highest BCUT2D eigenvalue weighted by Gasteiger charge is 2.25. The van der Waals surface area contributed by atoms with Gasteiger partial charge in [-0.05, 0) is 36.8 Å². The van der Waals surface area contributed by atoms with Crippen LogP contribution in [0.25, 0.3) is 11.3 Å². The number of halogens is 3. The summed E-state index contributed by atoms with van der Waals surface area (Å²) in [5.74, 6) is -2.29. The molecule has 0 bridgehead atoms. The van der Waals surface area contributed by atoms with Crippen LogP contribution in [-0.4, -0.2) is 18.4 Å². The van der Waals surface area contributed by atoms with E-state index in [0.29, 0.717) is 11.5 Å². The molecule has 9 heteroatoms. The molecule has 3 aromatic rings. The van der Waals surface area contributed by atoms with Crippen molar-refractivity contribution < 1.29 is 17.2 Å². The van der Waals surface area contributed by atoms with Gasteiger partial charge in [-0.3, -0.25) is 0 Å². The summed E-state index contributed by atoms with van der Waals surface area (Å²) in [6, 6.07) is 9.71. The molecule has 0 saturated carbocycles. The Morgan fingerprint density at radius 1 is 1.15 bits per heavy atom. The summed E-state index contributed by atoms with van der Waals surface area (Å²) in [5, 5.41) is 0. The number of imidazole rings is 1. The van der Waals surface area contributed by atoms with E-state index in [4.69, 9.17) is 0 Å². The fourth-order valence-corrected chi connectivity index (χ4v) is 3.94. The molecular formula is C17H14BrF2N3O2S. The molecule has 0 amide bonds. The maximum absolute atomic E-state index is 13.8. The highest BCUT2D eigenvalue weighted by molar-refractivity contribution is 9.10. The smallest absolute Gasteiger partial charge is 0.244 e. The minimum absolute atomic E-state index is 0.350. The maximum atomic E-state index is 13.8. The van der Waals surface area contributed by atoms with Gasteiger partial charge in [0.1, 0.15) is 10.7 Å². The molecule has 0 saturated heterocycles. The molecule has 1 heterocycles. The summed E-state index contributed by atoms with van der Waals surface area (Å²) in [5.41, 5.74) is 1.58. The Morgan fingerprint density at radius 2 is 1.85 bits per heavy atom. The Bertz CT molecular complexity index is 1040. The zero-order valence-corrected chi connectivity index (χ0v) is 15.9. The third-order valence-corrected chi connectivity index (χ3v) is 5.79. The zero-order chi connectivity index (χ0) is 18.9. The molecule has 0 aliphatic carbocycles. The molecule has 5 nitrogen and oxygen atoms in total. The normalized spacial score (nSPS) is 12.9. The van der Waals surface area contributed by atoms with E-state index in [0.717, 1.165) is 28.2 Å². The van der Waals surface area contributed by atoms with Crippen LogP contribution >= 0.6 is 15.9 Å². The van der Waals surface area contributed by atoms with Crippen molar-refractivity contribution in [2.75, 3.05) is 0 Å². The van der Waals surface area contributed by atoms with Crippen molar-refractivity contribution in [3.63, 3.8) is 0 Å². The van der Waals surface area contributed by atoms with Crippen molar-refractivity contribution in [3.8, 4) is 11.3 Å². The number of sulfonamides is 1. The highest BCUT2D eigenvalue weighted by Crippen LogP contribution is 2.23. The van der Waals surface area contributed by atoms with Crippen molar-refractivity contribution in [2.45, 2.75) is 17.9 Å². The van der Waals surface area contributed by atoms with E-state index in [1.807, 2.05) is 24.3 Å². The fraction of sp³-hybridized carbons (Fsp3) is 0.118. The molecule has 0 unspecified atom stereocenters. The molecule has 2 N–H and O–H groups in total. The third-order valence-electron chi connectivity index (χ3n) is 3.70. The molecule has 3 rings (SSSR count). The molecule has 0 fully saturated rings. The maximum Gasteiger partial charge on any atom is 0.244 e. The SMILES string of the molecule is C[C@@H](NS(=O)(=O)c1cccc(F)c1F)c1ncc(-c2ccc(Br)cc2)[nH]1. The van der Waals surface area contributed by atoms with Gasteiger partial charge in [0.05, 0.1) is 17.9 Å². The van der Waals surface area contributed by atoms with Gasteiger partial charge in [0, 0.05) is 4.47 Å². The Kier molecular flexibility index (Phi) is 5.22. The predicted octanol–water partition coefficient (Wildman–Crippen LogP) is 4.16. The molecule has 0 aliphatic heterocycles. The number of hydrogen-bond acceptors (Lipinski definition) is 3. The third kappa shape index (κ3) is 3.84. The second-order valence-corrected chi connectivity index (χ2v) is 8.18. The predicted molar refractivity (Wildman–Crippen MR) is 96.8 cm³/mol. The van der Waals surface area contributed by atoms with Gasteiger partial charge in [0.2, 0.25) is 10.0 Å². The lowest BCUT2D eigenvalue weighted by atomic mass is 10.2. The van der Waals surface area contributed by atoms with E-state index in [9.17, 15) is 17.2 Å². The topological polar surface area (TPSA) is 74.8 Å². The second kappa shape index (κ2) is 7.26. The van der Waals surface area contributed by atoms with Crippen LogP contribution in [0.3, 0.4) is 0 Å². The van der Waals surface area contributed by atoms with Gasteiger partial charge in [0.15, 0.2) is 11.6 Å². The van der Waals surface area contributed by atoms with Crippen molar-refractivity contribution in [1.29, 1.82) is 0 Å². The molecule has 0 aliphatic rings. The van der Waals surface area contributed by atoms with Crippen LogP contribution in [0, 0.1) is 11.6 Å². The molecule has 2 aromatic carbocycles. The summed E-state index contributed by atoms with van der Waals surface area (Å²) >= 11 is 3.35. The lowest BCUT2D eigenvalue weighted by Gasteiger charge is -2.13. The van der Waals surface area contributed by atoms with Gasteiger partial charge in [-0.1, -0.05) is 34.1 Å². The molecular weight excluding hydrogens is 428 g/mol. The number of nitrogens with one attached hydrogen (secondary N) is 2. The quantitative estimate of drug-likeness (QED) is 0.624. The first-order chi connectivity index (χ1) is 12.3. The average Bonchev–Trinajstić information content (AvgIpc) is 3.07. The number of hydrogen-bond donors (Lipinski definition) is 2. The van der Waals surface area contributed by atoms with Gasteiger partial charge in [-0.2, -0.15) is 0 Å². The van der Waals surface area contributed by atoms with Gasteiger partial charge in [-0.15, -0.1) is 0 Å². The summed E-state index contributed by atoms with van der Waals surface area (Å²) in [7, 11) is -4.25. The summed E-state index contributed by atoms with van der Waals surface area (Å²) in [6.07, 6.45) is 1.58. The number of H-pyrrole nitrogens is 1. The lowest BCUT2D eigenvalue weighted by Crippen LogP contribution is -2.28. The monoisotopic (exact) mass is 441 g/mol. The van der Waals surface area contributed by atoms with Crippen LogP contribution < -0.4 is 4.72 Å². The van der Waals surface area contributed by atoms with E-state index in [-0.39, 0.29) is 0 Å².